The molecule has 4 N–H and O–H groups in total. The zero-order chi connectivity index (χ0) is 23.2. The molecule has 0 saturated carbocycles. The van der Waals surface area contributed by atoms with Crippen molar-refractivity contribution in [2.24, 2.45) is 0 Å². The molecule has 33 heavy (non-hydrogen) atoms. The summed E-state index contributed by atoms with van der Waals surface area (Å²) >= 11 is 0. The van der Waals surface area contributed by atoms with Gasteiger partial charge in [0, 0.05) is 37.0 Å². The van der Waals surface area contributed by atoms with E-state index in [0.29, 0.717) is 50.4 Å². The minimum atomic E-state index is -0.306. The summed E-state index contributed by atoms with van der Waals surface area (Å²) in [5, 5.41) is 12.2. The molecule has 4 rings (SSSR count). The van der Waals surface area contributed by atoms with Gasteiger partial charge in [0.1, 0.15) is 11.6 Å². The van der Waals surface area contributed by atoms with Crippen molar-refractivity contribution < 1.29 is 19.4 Å². The highest BCUT2D eigenvalue weighted by molar-refractivity contribution is 5.99. The molecule has 0 radical (unpaired) electrons. The van der Waals surface area contributed by atoms with Gasteiger partial charge < -0.3 is 25.8 Å². The van der Waals surface area contributed by atoms with E-state index >= 15 is 0 Å². The molecule has 0 aliphatic carbocycles. The lowest BCUT2D eigenvalue weighted by molar-refractivity contribution is 0.0303. The number of hydrogen-bond acceptors (Lipinski definition) is 6. The molecule has 170 valence electrons. The first-order chi connectivity index (χ1) is 16.0. The third kappa shape index (κ3) is 5.48. The van der Waals surface area contributed by atoms with Crippen molar-refractivity contribution in [3.63, 3.8) is 0 Å². The first-order valence-electron chi connectivity index (χ1n) is 10.8. The third-order valence-electron chi connectivity index (χ3n) is 5.56. The number of phenolic OH excluding ortho intramolecular Hbond substituents is 1. The van der Waals surface area contributed by atoms with Crippen LogP contribution in [0.25, 0.3) is 11.1 Å². The smallest absolute Gasteiger partial charge is 0.255 e. The lowest BCUT2D eigenvalue weighted by Gasteiger charge is -2.26. The fourth-order valence-electron chi connectivity index (χ4n) is 3.65. The van der Waals surface area contributed by atoms with Gasteiger partial charge in [-0.15, -0.1) is 0 Å². The minimum absolute atomic E-state index is 0.0195. The number of nitrogens with one attached hydrogen (secondary N) is 1. The quantitative estimate of drug-likeness (QED) is 0.535. The van der Waals surface area contributed by atoms with E-state index in [2.05, 4.69) is 10.3 Å². The maximum atomic E-state index is 12.7. The molecule has 2 heterocycles. The number of morpholine rings is 1. The molecule has 1 saturated heterocycles. The number of carbonyl (C=O) groups excluding carboxylic acids is 2. The van der Waals surface area contributed by atoms with E-state index in [1.807, 2.05) is 24.3 Å². The summed E-state index contributed by atoms with van der Waals surface area (Å²) in [6, 6.07) is 15.8. The van der Waals surface area contributed by atoms with Gasteiger partial charge in [0.05, 0.1) is 18.8 Å². The van der Waals surface area contributed by atoms with E-state index < -0.39 is 0 Å². The molecule has 3 aromatic rings. The van der Waals surface area contributed by atoms with Crippen LogP contribution in [0.15, 0.2) is 60.8 Å². The van der Waals surface area contributed by atoms with Crippen LogP contribution in [0.2, 0.25) is 0 Å². The molecule has 0 unspecified atom stereocenters. The monoisotopic (exact) mass is 446 g/mol. The normalized spacial score (nSPS) is 13.5. The van der Waals surface area contributed by atoms with Crippen LogP contribution in [0.1, 0.15) is 26.3 Å². The van der Waals surface area contributed by atoms with Crippen molar-refractivity contribution >= 4 is 17.6 Å². The summed E-state index contributed by atoms with van der Waals surface area (Å²) in [5.74, 6) is 0.0330. The number of aromatic hydroxyl groups is 1. The van der Waals surface area contributed by atoms with Gasteiger partial charge in [0.2, 0.25) is 0 Å². The number of anilines is 1. The average molecular weight is 447 g/mol. The van der Waals surface area contributed by atoms with Gasteiger partial charge in [-0.3, -0.25) is 9.59 Å². The van der Waals surface area contributed by atoms with Crippen molar-refractivity contribution in [2.45, 2.75) is 6.42 Å². The van der Waals surface area contributed by atoms with Crippen LogP contribution in [-0.4, -0.2) is 59.7 Å². The molecule has 8 nitrogen and oxygen atoms in total. The fourth-order valence-corrected chi connectivity index (χ4v) is 3.65. The Balaban J connectivity index is 1.42. The van der Waals surface area contributed by atoms with Crippen LogP contribution in [0, 0.1) is 0 Å². The van der Waals surface area contributed by atoms with Gasteiger partial charge in [0.25, 0.3) is 11.8 Å². The van der Waals surface area contributed by atoms with E-state index in [1.165, 1.54) is 0 Å². The van der Waals surface area contributed by atoms with Crippen molar-refractivity contribution in [1.29, 1.82) is 0 Å². The molecule has 0 atom stereocenters. The summed E-state index contributed by atoms with van der Waals surface area (Å²) in [7, 11) is 0. The number of carbonyl (C=O) groups is 2. The van der Waals surface area contributed by atoms with Crippen LogP contribution in [-0.2, 0) is 11.2 Å². The summed E-state index contributed by atoms with van der Waals surface area (Å²) in [4.78, 5) is 31.3. The molecule has 2 aromatic carbocycles. The topological polar surface area (TPSA) is 118 Å². The molecule has 2 amide bonds. The maximum absolute atomic E-state index is 12.7. The second-order valence-electron chi connectivity index (χ2n) is 7.81. The molecule has 1 aromatic heterocycles. The summed E-state index contributed by atoms with van der Waals surface area (Å²) in [6.07, 6.45) is 2.24. The van der Waals surface area contributed by atoms with Crippen LogP contribution in [0.5, 0.6) is 5.75 Å². The number of nitrogens with zero attached hydrogens (tertiary/aromatic N) is 2. The van der Waals surface area contributed by atoms with E-state index in [4.69, 9.17) is 10.5 Å². The van der Waals surface area contributed by atoms with Gasteiger partial charge in [-0.2, -0.15) is 0 Å². The van der Waals surface area contributed by atoms with Crippen LogP contribution in [0.4, 0.5) is 5.82 Å². The third-order valence-corrected chi connectivity index (χ3v) is 5.56. The highest BCUT2D eigenvalue weighted by atomic mass is 16.5. The maximum Gasteiger partial charge on any atom is 0.255 e. The van der Waals surface area contributed by atoms with Gasteiger partial charge >= 0.3 is 0 Å². The fraction of sp³-hybridized carbons (Fsp3) is 0.240. The first-order valence-corrected chi connectivity index (χ1v) is 10.8. The highest BCUT2D eigenvalue weighted by Gasteiger charge is 2.18. The van der Waals surface area contributed by atoms with Crippen molar-refractivity contribution in [3.05, 3.63) is 77.5 Å². The number of nitrogen functional groups attached to an aromatic ring is 1. The Morgan fingerprint density at radius 1 is 1.03 bits per heavy atom. The number of nitrogens with two attached hydrogens (primary N) is 1. The highest BCUT2D eigenvalue weighted by Crippen LogP contribution is 2.23. The van der Waals surface area contributed by atoms with Crippen molar-refractivity contribution in [1.82, 2.24) is 15.2 Å². The standard InChI is InChI=1S/C25H26N4O4/c26-23-22(24(31)27-10-9-17-1-7-21(30)8-2-17)15-20(16-28-23)18-3-5-19(6-4-18)25(32)29-11-13-33-14-12-29/h1-8,15-16,30H,9-14H2,(H2,26,28)(H,27,31). The van der Waals surface area contributed by atoms with Gasteiger partial charge in [-0.05, 0) is 47.9 Å². The Morgan fingerprint density at radius 2 is 1.73 bits per heavy atom. The molecule has 1 aliphatic heterocycles. The molecular weight excluding hydrogens is 420 g/mol. The number of amides is 2. The Bertz CT molecular complexity index is 1120. The number of benzene rings is 2. The molecule has 0 spiro atoms. The lowest BCUT2D eigenvalue weighted by atomic mass is 10.0. The first kappa shape index (κ1) is 22.3. The second kappa shape index (κ2) is 10.1. The van der Waals surface area contributed by atoms with Crippen LogP contribution in [0.3, 0.4) is 0 Å². The molecule has 1 fully saturated rings. The number of phenols is 1. The predicted molar refractivity (Wildman–Crippen MR) is 125 cm³/mol. The predicted octanol–water partition coefficient (Wildman–Crippen LogP) is 2.48. The summed E-state index contributed by atoms with van der Waals surface area (Å²) in [5.41, 5.74) is 9.43. The van der Waals surface area contributed by atoms with Crippen molar-refractivity contribution in [3.8, 4) is 16.9 Å². The minimum Gasteiger partial charge on any atom is -0.508 e. The summed E-state index contributed by atoms with van der Waals surface area (Å²) in [6.45, 7) is 2.72. The Hall–Kier alpha value is -3.91. The Morgan fingerprint density at radius 3 is 2.42 bits per heavy atom. The molecule has 1 aliphatic rings. The van der Waals surface area contributed by atoms with Gasteiger partial charge in [-0.1, -0.05) is 24.3 Å². The number of rotatable bonds is 6. The van der Waals surface area contributed by atoms with E-state index in [0.717, 1.165) is 16.7 Å². The molecule has 0 bridgehead atoms. The van der Waals surface area contributed by atoms with Crippen molar-refractivity contribution in [2.75, 3.05) is 38.6 Å². The van der Waals surface area contributed by atoms with E-state index in [9.17, 15) is 14.7 Å². The van der Waals surface area contributed by atoms with Crippen LogP contribution < -0.4 is 11.1 Å². The average Bonchev–Trinajstić information content (AvgIpc) is 2.85. The zero-order valence-corrected chi connectivity index (χ0v) is 18.2. The largest absolute Gasteiger partial charge is 0.508 e. The Labute approximate surface area is 192 Å². The second-order valence-corrected chi connectivity index (χ2v) is 7.81. The van der Waals surface area contributed by atoms with Crippen LogP contribution >= 0.6 is 0 Å². The number of pyridine rings is 1. The number of ether oxygens (including phenoxy) is 1. The molecular formula is C25H26N4O4. The van der Waals surface area contributed by atoms with Gasteiger partial charge in [-0.25, -0.2) is 4.98 Å². The lowest BCUT2D eigenvalue weighted by Crippen LogP contribution is -2.40. The number of hydrogen-bond donors (Lipinski definition) is 3. The Kier molecular flexibility index (Phi) is 6.85. The zero-order valence-electron chi connectivity index (χ0n) is 18.2. The summed E-state index contributed by atoms with van der Waals surface area (Å²) < 4.78 is 5.30. The van der Waals surface area contributed by atoms with E-state index in [-0.39, 0.29) is 23.4 Å². The van der Waals surface area contributed by atoms with E-state index in [1.54, 1.807) is 41.4 Å². The van der Waals surface area contributed by atoms with Gasteiger partial charge in [0.15, 0.2) is 0 Å². The SMILES string of the molecule is Nc1ncc(-c2ccc(C(=O)N3CCOCC3)cc2)cc1C(=O)NCCc1ccc(O)cc1. The molecule has 8 heteroatoms. The number of aromatic nitrogens is 1.